The molecule has 2 aromatic heterocycles. The second kappa shape index (κ2) is 11.7. The number of anilines is 3. The molecule has 1 aliphatic heterocycles. The summed E-state index contributed by atoms with van der Waals surface area (Å²) in [5.74, 6) is -0.268. The van der Waals surface area contributed by atoms with Gasteiger partial charge in [0.1, 0.15) is 28.8 Å². The Morgan fingerprint density at radius 3 is 2.47 bits per heavy atom. The van der Waals surface area contributed by atoms with E-state index in [1.165, 1.54) is 41.6 Å². The van der Waals surface area contributed by atoms with E-state index >= 15 is 4.39 Å². The lowest BCUT2D eigenvalue weighted by molar-refractivity contribution is 0.262. The van der Waals surface area contributed by atoms with Crippen molar-refractivity contribution >= 4 is 33.2 Å². The van der Waals surface area contributed by atoms with Gasteiger partial charge in [0.05, 0.1) is 23.2 Å². The summed E-state index contributed by atoms with van der Waals surface area (Å²) in [5.41, 5.74) is 4.14. The van der Waals surface area contributed by atoms with Gasteiger partial charge in [-0.2, -0.15) is 5.10 Å². The second-order valence-corrected chi connectivity index (χ2v) is 13.3. The molecule has 43 heavy (non-hydrogen) atoms. The molecular weight excluding hydrogens is 573 g/mol. The van der Waals surface area contributed by atoms with Gasteiger partial charge in [0.15, 0.2) is 0 Å². The molecule has 11 nitrogen and oxygen atoms in total. The van der Waals surface area contributed by atoms with Crippen LogP contribution in [-0.4, -0.2) is 54.0 Å². The maximum atomic E-state index is 15.0. The number of hydrogen-bond acceptors (Lipinski definition) is 7. The van der Waals surface area contributed by atoms with Gasteiger partial charge < -0.3 is 20.3 Å². The number of nitrogens with one attached hydrogen (secondary N) is 3. The Hall–Kier alpha value is -4.49. The highest BCUT2D eigenvalue weighted by Crippen LogP contribution is 2.33. The largest absolute Gasteiger partial charge is 0.457 e. The fourth-order valence-corrected chi connectivity index (χ4v) is 5.15. The Bertz CT molecular complexity index is 1780. The maximum absolute atomic E-state index is 15.0. The lowest BCUT2D eigenvalue weighted by atomic mass is 9.96. The van der Waals surface area contributed by atoms with Gasteiger partial charge in [0.2, 0.25) is 10.0 Å². The van der Waals surface area contributed by atoms with Gasteiger partial charge in [-0.1, -0.05) is 12.1 Å². The third-order valence-electron chi connectivity index (χ3n) is 6.78. The van der Waals surface area contributed by atoms with Crippen LogP contribution in [0, 0.1) is 5.82 Å². The monoisotopic (exact) mass is 607 g/mol. The van der Waals surface area contributed by atoms with E-state index in [1.807, 2.05) is 26.8 Å². The molecule has 0 fully saturated rings. The molecule has 0 aliphatic carbocycles. The van der Waals surface area contributed by atoms with E-state index in [2.05, 4.69) is 44.4 Å². The standard InChI is InChI=1S/C30H34FN7O4S/c1-30(2,3)38-18-26(28(35-38)20-7-6-19-11-13-37(4)17-21(19)14-20)34-29(39)33-25-9-8-22(15-24(25)31)42-23-10-12-32-27(16-23)36-43(5,40)41/h6-10,12,14-16,18H,11,13,17H2,1-5H3,(H,32,36)(H2,33,34,39). The first-order valence-corrected chi connectivity index (χ1v) is 15.5. The van der Waals surface area contributed by atoms with Gasteiger partial charge in [-0.15, -0.1) is 0 Å². The van der Waals surface area contributed by atoms with Crippen molar-refractivity contribution in [3.8, 4) is 22.8 Å². The molecule has 226 valence electrons. The molecule has 3 heterocycles. The molecule has 0 radical (unpaired) electrons. The number of halogens is 1. The number of pyridine rings is 1. The van der Waals surface area contributed by atoms with Crippen molar-refractivity contribution in [2.75, 3.05) is 35.2 Å². The number of fused-ring (bicyclic) bond motifs is 1. The van der Waals surface area contributed by atoms with Crippen LogP contribution in [0.15, 0.2) is 60.9 Å². The number of carbonyl (C=O) groups excluding carboxylic acids is 1. The number of ether oxygens (including phenoxy) is 1. The lowest BCUT2D eigenvalue weighted by Crippen LogP contribution is -2.26. The minimum atomic E-state index is -3.53. The summed E-state index contributed by atoms with van der Waals surface area (Å²) in [7, 11) is -1.43. The molecule has 4 aromatic rings. The van der Waals surface area contributed by atoms with Crippen LogP contribution in [0.4, 0.5) is 26.4 Å². The van der Waals surface area contributed by atoms with Gasteiger partial charge in [0.25, 0.3) is 0 Å². The number of hydrogen-bond donors (Lipinski definition) is 3. The number of rotatable bonds is 7. The summed E-state index contributed by atoms with van der Waals surface area (Å²) in [6, 6.07) is 12.5. The van der Waals surface area contributed by atoms with Crippen LogP contribution < -0.4 is 20.1 Å². The zero-order chi connectivity index (χ0) is 30.9. The van der Waals surface area contributed by atoms with Crippen molar-refractivity contribution in [2.45, 2.75) is 39.3 Å². The van der Waals surface area contributed by atoms with Gasteiger partial charge in [0, 0.05) is 43.2 Å². The lowest BCUT2D eigenvalue weighted by Gasteiger charge is -2.25. The summed E-state index contributed by atoms with van der Waals surface area (Å²) < 4.78 is 47.6. The van der Waals surface area contributed by atoms with E-state index in [-0.39, 0.29) is 28.5 Å². The maximum Gasteiger partial charge on any atom is 0.323 e. The Morgan fingerprint density at radius 1 is 1.00 bits per heavy atom. The third-order valence-corrected chi connectivity index (χ3v) is 7.36. The quantitative estimate of drug-likeness (QED) is 0.248. The first-order valence-electron chi connectivity index (χ1n) is 13.6. The van der Waals surface area contributed by atoms with Crippen molar-refractivity contribution < 1.29 is 22.3 Å². The Balaban J connectivity index is 1.32. The highest BCUT2D eigenvalue weighted by atomic mass is 32.2. The number of nitrogens with zero attached hydrogens (tertiary/aromatic N) is 4. The van der Waals surface area contributed by atoms with Crippen molar-refractivity contribution in [1.82, 2.24) is 19.7 Å². The van der Waals surface area contributed by atoms with Crippen LogP contribution >= 0.6 is 0 Å². The number of urea groups is 1. The first kappa shape index (κ1) is 30.0. The van der Waals surface area contributed by atoms with Crippen molar-refractivity contribution in [2.24, 2.45) is 0 Å². The number of aromatic nitrogens is 3. The first-order chi connectivity index (χ1) is 20.2. The van der Waals surface area contributed by atoms with Crippen LogP contribution in [0.2, 0.25) is 0 Å². The minimum absolute atomic E-state index is 0.0550. The summed E-state index contributed by atoms with van der Waals surface area (Å²) in [6.07, 6.45) is 5.12. The Morgan fingerprint density at radius 2 is 1.74 bits per heavy atom. The van der Waals surface area contributed by atoms with Crippen LogP contribution in [0.25, 0.3) is 11.3 Å². The zero-order valence-corrected chi connectivity index (χ0v) is 25.4. The zero-order valence-electron chi connectivity index (χ0n) is 24.6. The molecule has 0 atom stereocenters. The van der Waals surface area contributed by atoms with Crippen molar-refractivity contribution in [3.63, 3.8) is 0 Å². The summed E-state index contributed by atoms with van der Waals surface area (Å²) in [4.78, 5) is 19.2. The van der Waals surface area contributed by atoms with Gasteiger partial charge in [-0.05, 0) is 69.6 Å². The van der Waals surface area contributed by atoms with E-state index in [4.69, 9.17) is 9.84 Å². The normalized spacial score (nSPS) is 13.7. The molecule has 0 saturated carbocycles. The predicted octanol–water partition coefficient (Wildman–Crippen LogP) is 5.63. The average molecular weight is 608 g/mol. The average Bonchev–Trinajstić information content (AvgIpc) is 3.33. The van der Waals surface area contributed by atoms with Crippen LogP contribution in [0.5, 0.6) is 11.5 Å². The summed E-state index contributed by atoms with van der Waals surface area (Å²) in [5, 5.41) is 10.2. The third kappa shape index (κ3) is 7.48. The van der Waals surface area contributed by atoms with E-state index in [0.717, 1.165) is 37.4 Å². The molecule has 0 saturated heterocycles. The molecule has 2 aromatic carbocycles. The number of likely N-dealkylation sites (N-methyl/N-ethyl adjacent to an activating group) is 1. The number of carbonyl (C=O) groups is 1. The molecule has 0 spiro atoms. The Labute approximate surface area is 250 Å². The summed E-state index contributed by atoms with van der Waals surface area (Å²) >= 11 is 0. The predicted molar refractivity (Wildman–Crippen MR) is 165 cm³/mol. The molecule has 13 heteroatoms. The topological polar surface area (TPSA) is 130 Å². The summed E-state index contributed by atoms with van der Waals surface area (Å²) in [6.45, 7) is 7.90. The molecule has 5 rings (SSSR count). The fourth-order valence-electron chi connectivity index (χ4n) is 4.66. The second-order valence-electron chi connectivity index (χ2n) is 11.6. The molecule has 3 N–H and O–H groups in total. The van der Waals surface area contributed by atoms with Crippen LogP contribution in [0.1, 0.15) is 31.9 Å². The van der Waals surface area contributed by atoms with Gasteiger partial charge in [-0.25, -0.2) is 22.6 Å². The SMILES string of the molecule is CN1CCc2ccc(-c3nn(C(C)(C)C)cc3NC(=O)Nc3ccc(Oc4ccnc(NS(C)(=O)=O)c4)cc3F)cc2C1. The number of benzene rings is 2. The highest BCUT2D eigenvalue weighted by Gasteiger charge is 2.22. The van der Waals surface area contributed by atoms with Gasteiger partial charge in [-0.3, -0.25) is 9.40 Å². The molecule has 1 aliphatic rings. The highest BCUT2D eigenvalue weighted by molar-refractivity contribution is 7.92. The van der Waals surface area contributed by atoms with Crippen molar-refractivity contribution in [1.29, 1.82) is 0 Å². The molecule has 0 bridgehead atoms. The molecular formula is C30H34FN7O4S. The molecule has 2 amide bonds. The smallest absolute Gasteiger partial charge is 0.323 e. The fraction of sp³-hybridized carbons (Fsp3) is 0.300. The van der Waals surface area contributed by atoms with Gasteiger partial charge >= 0.3 is 6.03 Å². The van der Waals surface area contributed by atoms with Crippen LogP contribution in [-0.2, 0) is 28.5 Å². The Kier molecular flexibility index (Phi) is 8.12. The number of amides is 2. The van der Waals surface area contributed by atoms with E-state index < -0.39 is 21.9 Å². The van der Waals surface area contributed by atoms with E-state index in [1.54, 1.807) is 10.9 Å². The van der Waals surface area contributed by atoms with E-state index in [9.17, 15) is 13.2 Å². The van der Waals surface area contributed by atoms with Crippen LogP contribution in [0.3, 0.4) is 0 Å². The van der Waals surface area contributed by atoms with Crippen molar-refractivity contribution in [3.05, 3.63) is 77.9 Å². The van der Waals surface area contributed by atoms with E-state index in [0.29, 0.717) is 11.4 Å². The number of sulfonamides is 1. The minimum Gasteiger partial charge on any atom is -0.457 e. The molecule has 0 unspecified atom stereocenters.